The zero-order valence-corrected chi connectivity index (χ0v) is 15.5. The molecule has 2 N–H and O–H groups in total. The van der Waals surface area contributed by atoms with Crippen LogP contribution in [0.4, 0.5) is 0 Å². The molecule has 0 saturated carbocycles. The van der Waals surface area contributed by atoms with E-state index in [1.165, 1.54) is 31.9 Å². The number of hydrogen-bond donors (Lipinski definition) is 2. The molecular formula is C21H32O4. The lowest BCUT2D eigenvalue weighted by molar-refractivity contribution is -0.140. The Bertz CT molecular complexity index is 524. The fourth-order valence-electron chi connectivity index (χ4n) is 2.73. The first-order valence-electron chi connectivity index (χ1n) is 9.27. The number of carbonyl (C=O) groups excluding carboxylic acids is 1. The van der Waals surface area contributed by atoms with Gasteiger partial charge in [-0.2, -0.15) is 0 Å². The summed E-state index contributed by atoms with van der Waals surface area (Å²) in [5.41, 5.74) is 2.35. The standard InChI is InChI=1S/C21H32O4/c1-3-4-5-6-10-17-11-7-8-12-18(17)15-16-20(23)19(22)13-9-14-21(24)25-2/h7-8,11-12,15-16,19-20,22-23H,3-6,9-10,13-14H2,1-2H3/b16-15+. The molecule has 1 rings (SSSR count). The summed E-state index contributed by atoms with van der Waals surface area (Å²) >= 11 is 0. The molecule has 4 nitrogen and oxygen atoms in total. The predicted octanol–water partition coefficient (Wildman–Crippen LogP) is 3.89. The van der Waals surface area contributed by atoms with Crippen molar-refractivity contribution in [3.05, 3.63) is 41.5 Å². The van der Waals surface area contributed by atoms with Gasteiger partial charge in [-0.15, -0.1) is 0 Å². The quantitative estimate of drug-likeness (QED) is 0.444. The Balaban J connectivity index is 2.51. The molecule has 0 saturated heterocycles. The minimum absolute atomic E-state index is 0.255. The predicted molar refractivity (Wildman–Crippen MR) is 101 cm³/mol. The van der Waals surface area contributed by atoms with Gasteiger partial charge in [0.15, 0.2) is 0 Å². The summed E-state index contributed by atoms with van der Waals surface area (Å²) in [4.78, 5) is 11.1. The molecule has 4 heteroatoms. The van der Waals surface area contributed by atoms with Crippen LogP contribution in [0, 0.1) is 0 Å². The highest BCUT2D eigenvalue weighted by Gasteiger charge is 2.14. The van der Waals surface area contributed by atoms with Crippen molar-refractivity contribution in [1.82, 2.24) is 0 Å². The van der Waals surface area contributed by atoms with Crippen LogP contribution in [0.2, 0.25) is 0 Å². The molecule has 0 bridgehead atoms. The summed E-state index contributed by atoms with van der Waals surface area (Å²) in [5.74, 6) is -0.297. The lowest BCUT2D eigenvalue weighted by Gasteiger charge is -2.14. The fourth-order valence-corrected chi connectivity index (χ4v) is 2.73. The zero-order chi connectivity index (χ0) is 18.5. The molecule has 0 radical (unpaired) electrons. The number of aliphatic hydroxyl groups is 2. The van der Waals surface area contributed by atoms with Crippen molar-refractivity contribution in [2.75, 3.05) is 7.11 Å². The Kier molecular flexibility index (Phi) is 10.8. The fraction of sp³-hybridized carbons (Fsp3) is 0.571. The lowest BCUT2D eigenvalue weighted by Crippen LogP contribution is -2.23. The number of unbranched alkanes of at least 4 members (excludes halogenated alkanes) is 3. The van der Waals surface area contributed by atoms with E-state index in [1.54, 1.807) is 6.08 Å². The number of rotatable bonds is 12. The van der Waals surface area contributed by atoms with Gasteiger partial charge in [-0.3, -0.25) is 4.79 Å². The van der Waals surface area contributed by atoms with E-state index in [2.05, 4.69) is 17.7 Å². The van der Waals surface area contributed by atoms with Gasteiger partial charge in [0.05, 0.1) is 19.3 Å². The molecule has 0 aliphatic carbocycles. The van der Waals surface area contributed by atoms with Crippen LogP contribution in [0.25, 0.3) is 6.08 Å². The highest BCUT2D eigenvalue weighted by molar-refractivity contribution is 5.69. The minimum atomic E-state index is -0.939. The van der Waals surface area contributed by atoms with Crippen molar-refractivity contribution in [3.8, 4) is 0 Å². The highest BCUT2D eigenvalue weighted by atomic mass is 16.5. The van der Waals surface area contributed by atoms with Crippen molar-refractivity contribution in [1.29, 1.82) is 0 Å². The Morgan fingerprint density at radius 2 is 1.92 bits per heavy atom. The van der Waals surface area contributed by atoms with Gasteiger partial charge in [-0.1, -0.05) is 62.6 Å². The van der Waals surface area contributed by atoms with E-state index in [1.807, 2.05) is 24.3 Å². The molecule has 0 amide bonds. The molecule has 25 heavy (non-hydrogen) atoms. The van der Waals surface area contributed by atoms with E-state index < -0.39 is 12.2 Å². The maximum Gasteiger partial charge on any atom is 0.305 e. The summed E-state index contributed by atoms with van der Waals surface area (Å²) in [5, 5.41) is 20.1. The number of carbonyl (C=O) groups is 1. The molecular weight excluding hydrogens is 316 g/mol. The second-order valence-corrected chi connectivity index (χ2v) is 6.39. The summed E-state index contributed by atoms with van der Waals surface area (Å²) in [6, 6.07) is 8.16. The van der Waals surface area contributed by atoms with Gasteiger partial charge in [0, 0.05) is 6.42 Å². The highest BCUT2D eigenvalue weighted by Crippen LogP contribution is 2.16. The molecule has 0 heterocycles. The van der Waals surface area contributed by atoms with Crippen LogP contribution in [0.3, 0.4) is 0 Å². The maximum absolute atomic E-state index is 11.1. The summed E-state index contributed by atoms with van der Waals surface area (Å²) in [6.45, 7) is 2.20. The van der Waals surface area contributed by atoms with E-state index in [9.17, 15) is 15.0 Å². The molecule has 0 aromatic heterocycles. The third-order valence-corrected chi connectivity index (χ3v) is 4.33. The van der Waals surface area contributed by atoms with Crippen molar-refractivity contribution in [2.45, 2.75) is 70.5 Å². The molecule has 1 aromatic rings. The number of benzene rings is 1. The van der Waals surface area contributed by atoms with Crippen LogP contribution in [0.1, 0.15) is 63.0 Å². The first-order chi connectivity index (χ1) is 12.1. The summed E-state index contributed by atoms with van der Waals surface area (Å²) in [7, 11) is 1.34. The van der Waals surface area contributed by atoms with Gasteiger partial charge in [0.25, 0.3) is 0 Å². The van der Waals surface area contributed by atoms with Gasteiger partial charge in [0.2, 0.25) is 0 Å². The van der Waals surface area contributed by atoms with Crippen LogP contribution < -0.4 is 0 Å². The Morgan fingerprint density at radius 3 is 2.64 bits per heavy atom. The van der Waals surface area contributed by atoms with Crippen LogP contribution in [-0.4, -0.2) is 35.5 Å². The number of esters is 1. The number of hydrogen-bond acceptors (Lipinski definition) is 4. The molecule has 0 aliphatic heterocycles. The van der Waals surface area contributed by atoms with Crippen molar-refractivity contribution < 1.29 is 19.7 Å². The maximum atomic E-state index is 11.1. The SMILES string of the molecule is CCCCCCc1ccccc1/C=C/C(O)C(O)CCCC(=O)OC. The van der Waals surface area contributed by atoms with E-state index in [0.717, 1.165) is 18.4 Å². The molecule has 1 aromatic carbocycles. The monoisotopic (exact) mass is 348 g/mol. The van der Waals surface area contributed by atoms with Gasteiger partial charge < -0.3 is 14.9 Å². The Labute approximate surface area is 151 Å². The van der Waals surface area contributed by atoms with E-state index >= 15 is 0 Å². The number of methoxy groups -OCH3 is 1. The summed E-state index contributed by atoms with van der Waals surface area (Å²) < 4.78 is 4.56. The topological polar surface area (TPSA) is 66.8 Å². The van der Waals surface area contributed by atoms with Gasteiger partial charge in [0.1, 0.15) is 0 Å². The van der Waals surface area contributed by atoms with Gasteiger partial charge >= 0.3 is 5.97 Å². The molecule has 140 valence electrons. The van der Waals surface area contributed by atoms with Crippen LogP contribution in [-0.2, 0) is 16.0 Å². The first-order valence-corrected chi connectivity index (χ1v) is 9.27. The zero-order valence-electron chi connectivity index (χ0n) is 15.5. The average molecular weight is 348 g/mol. The smallest absolute Gasteiger partial charge is 0.305 e. The Hall–Kier alpha value is -1.65. The van der Waals surface area contributed by atoms with Gasteiger partial charge in [-0.05, 0) is 36.8 Å². The van der Waals surface area contributed by atoms with E-state index in [-0.39, 0.29) is 12.4 Å². The van der Waals surface area contributed by atoms with Crippen LogP contribution >= 0.6 is 0 Å². The molecule has 0 spiro atoms. The van der Waals surface area contributed by atoms with Crippen LogP contribution in [0.5, 0.6) is 0 Å². The molecule has 2 unspecified atom stereocenters. The number of aliphatic hydroxyl groups excluding tert-OH is 2. The van der Waals surface area contributed by atoms with Crippen LogP contribution in [0.15, 0.2) is 30.3 Å². The van der Waals surface area contributed by atoms with Gasteiger partial charge in [-0.25, -0.2) is 0 Å². The Morgan fingerprint density at radius 1 is 1.16 bits per heavy atom. The third kappa shape index (κ3) is 8.84. The molecule has 2 atom stereocenters. The van der Waals surface area contributed by atoms with Crippen molar-refractivity contribution in [3.63, 3.8) is 0 Å². The normalized spacial score (nSPS) is 13.8. The first kappa shape index (κ1) is 21.4. The van der Waals surface area contributed by atoms with Crippen molar-refractivity contribution in [2.24, 2.45) is 0 Å². The third-order valence-electron chi connectivity index (χ3n) is 4.33. The van der Waals surface area contributed by atoms with E-state index in [4.69, 9.17) is 0 Å². The van der Waals surface area contributed by atoms with E-state index in [0.29, 0.717) is 12.8 Å². The lowest BCUT2D eigenvalue weighted by atomic mass is 9.99. The molecule has 0 fully saturated rings. The second-order valence-electron chi connectivity index (χ2n) is 6.39. The largest absolute Gasteiger partial charge is 0.469 e. The summed E-state index contributed by atoms with van der Waals surface area (Å²) in [6.07, 6.45) is 8.71. The average Bonchev–Trinajstić information content (AvgIpc) is 2.63. The number of aryl methyl sites for hydroxylation is 1. The number of ether oxygens (including phenoxy) is 1. The molecule has 0 aliphatic rings. The second kappa shape index (κ2) is 12.7. The minimum Gasteiger partial charge on any atom is -0.469 e. The van der Waals surface area contributed by atoms with Crippen molar-refractivity contribution >= 4 is 12.0 Å².